The number of nitrogens with zero attached hydrogens (tertiary/aromatic N) is 3. The van der Waals surface area contributed by atoms with Crippen molar-refractivity contribution >= 4 is 46.7 Å². The number of ether oxygens (including phenoxy) is 3. The quantitative estimate of drug-likeness (QED) is 0.227. The van der Waals surface area contributed by atoms with E-state index in [1.807, 2.05) is 58.9 Å². The largest absolute Gasteiger partial charge is 0.460 e. The van der Waals surface area contributed by atoms with Crippen LogP contribution in [-0.4, -0.2) is 74.8 Å². The number of hydrogen-bond acceptors (Lipinski definition) is 11. The molecule has 0 aliphatic carbocycles. The van der Waals surface area contributed by atoms with Crippen molar-refractivity contribution in [2.75, 3.05) is 6.54 Å². The Hall–Kier alpha value is -4.39. The standard InChI is InChI=1S/C37H53N5O8/c1-22(2)27(21-32(44)50-37(8,9)10)33(45)38-23(3)34(46)42-18-12-14-29(41-42)35(47)48-24(4)30-20-26-19-25(16-17-28(26)39-40-30)13-11-15-31(43)49-36(5,6)7/h11,13,16-17,19-20,22-24,27,29,41H,12,14-15,18,21H2,1-10H3,(H,38,45)/b13-11+/t23-,24+,27-,29-/m0/s1. The van der Waals surface area contributed by atoms with Crippen LogP contribution in [0.2, 0.25) is 0 Å². The predicted octanol–water partition coefficient (Wildman–Crippen LogP) is 4.98. The molecule has 1 aromatic carbocycles. The maximum Gasteiger partial charge on any atom is 0.325 e. The van der Waals surface area contributed by atoms with Crippen molar-refractivity contribution in [3.05, 3.63) is 41.6 Å². The number of amides is 2. The third-order valence-corrected chi connectivity index (χ3v) is 7.77. The first-order valence-electron chi connectivity index (χ1n) is 17.2. The van der Waals surface area contributed by atoms with Crippen LogP contribution in [0.4, 0.5) is 0 Å². The molecule has 50 heavy (non-hydrogen) atoms. The van der Waals surface area contributed by atoms with Crippen LogP contribution in [-0.2, 0) is 38.2 Å². The van der Waals surface area contributed by atoms with Crippen LogP contribution >= 0.6 is 0 Å². The van der Waals surface area contributed by atoms with Crippen LogP contribution in [0.15, 0.2) is 30.3 Å². The Balaban J connectivity index is 1.59. The lowest BCUT2D eigenvalue weighted by Crippen LogP contribution is -2.59. The number of aromatic nitrogens is 2. The zero-order chi connectivity index (χ0) is 37.4. The van der Waals surface area contributed by atoms with E-state index in [0.29, 0.717) is 30.6 Å². The molecule has 274 valence electrons. The number of carbonyl (C=O) groups excluding carboxylic acids is 5. The third-order valence-electron chi connectivity index (χ3n) is 7.77. The Labute approximate surface area is 294 Å². The van der Waals surface area contributed by atoms with Crippen LogP contribution in [0.1, 0.15) is 112 Å². The summed E-state index contributed by atoms with van der Waals surface area (Å²) in [5.41, 5.74) is 3.70. The molecule has 1 aliphatic rings. The summed E-state index contributed by atoms with van der Waals surface area (Å²) in [6.07, 6.45) is 3.87. The average Bonchev–Trinajstić information content (AvgIpc) is 3.01. The first-order chi connectivity index (χ1) is 23.2. The molecule has 2 N–H and O–H groups in total. The number of hydrogen-bond donors (Lipinski definition) is 2. The minimum Gasteiger partial charge on any atom is -0.460 e. The molecule has 3 rings (SSSR count). The van der Waals surface area contributed by atoms with Gasteiger partial charge in [0.2, 0.25) is 5.91 Å². The molecular formula is C37H53N5O8. The molecule has 1 aliphatic heterocycles. The van der Waals surface area contributed by atoms with Gasteiger partial charge in [-0.3, -0.25) is 29.0 Å². The molecule has 0 spiro atoms. The zero-order valence-corrected chi connectivity index (χ0v) is 31.0. The van der Waals surface area contributed by atoms with E-state index in [-0.39, 0.29) is 24.7 Å². The maximum atomic E-state index is 13.3. The van der Waals surface area contributed by atoms with E-state index in [9.17, 15) is 24.0 Å². The Kier molecular flexibility index (Phi) is 13.6. The van der Waals surface area contributed by atoms with Gasteiger partial charge in [0.15, 0.2) is 0 Å². The summed E-state index contributed by atoms with van der Waals surface area (Å²) in [4.78, 5) is 64.1. The van der Waals surface area contributed by atoms with Gasteiger partial charge in [0.25, 0.3) is 5.91 Å². The van der Waals surface area contributed by atoms with E-state index in [1.165, 1.54) is 5.01 Å². The predicted molar refractivity (Wildman–Crippen MR) is 188 cm³/mol. The summed E-state index contributed by atoms with van der Waals surface area (Å²) in [6.45, 7) is 18.0. The first kappa shape index (κ1) is 40.0. The molecular weight excluding hydrogens is 642 g/mol. The van der Waals surface area contributed by atoms with Gasteiger partial charge in [0, 0.05) is 11.9 Å². The Morgan fingerprint density at radius 3 is 2.26 bits per heavy atom. The number of carbonyl (C=O) groups is 5. The van der Waals surface area contributed by atoms with Gasteiger partial charge < -0.3 is 19.5 Å². The summed E-state index contributed by atoms with van der Waals surface area (Å²) in [7, 11) is 0. The molecule has 2 heterocycles. The molecule has 4 atom stereocenters. The van der Waals surface area contributed by atoms with Gasteiger partial charge in [-0.05, 0) is 97.9 Å². The summed E-state index contributed by atoms with van der Waals surface area (Å²) < 4.78 is 16.5. The highest BCUT2D eigenvalue weighted by Crippen LogP contribution is 2.23. The molecule has 2 amide bonds. The second-order valence-corrected chi connectivity index (χ2v) is 15.0. The molecule has 0 bridgehead atoms. The fraction of sp³-hybridized carbons (Fsp3) is 0.595. The third kappa shape index (κ3) is 12.5. The van der Waals surface area contributed by atoms with Crippen molar-refractivity contribution < 1.29 is 38.2 Å². The van der Waals surface area contributed by atoms with E-state index in [1.54, 1.807) is 46.8 Å². The van der Waals surface area contributed by atoms with Gasteiger partial charge in [-0.1, -0.05) is 32.1 Å². The van der Waals surface area contributed by atoms with Crippen LogP contribution < -0.4 is 10.7 Å². The van der Waals surface area contributed by atoms with Crippen LogP contribution in [0, 0.1) is 11.8 Å². The number of fused-ring (bicyclic) bond motifs is 1. The fourth-order valence-electron chi connectivity index (χ4n) is 5.30. The summed E-state index contributed by atoms with van der Waals surface area (Å²) in [6, 6.07) is 5.69. The van der Waals surface area contributed by atoms with E-state index >= 15 is 0 Å². The molecule has 1 fully saturated rings. The van der Waals surface area contributed by atoms with Crippen molar-refractivity contribution in [2.45, 2.75) is 124 Å². The number of esters is 3. The number of rotatable bonds is 12. The van der Waals surface area contributed by atoms with Crippen molar-refractivity contribution in [1.29, 1.82) is 0 Å². The lowest BCUT2D eigenvalue weighted by molar-refractivity contribution is -0.158. The number of hydrazine groups is 1. The minimum atomic E-state index is -0.909. The van der Waals surface area contributed by atoms with Crippen LogP contribution in [0.25, 0.3) is 17.0 Å². The van der Waals surface area contributed by atoms with Gasteiger partial charge in [0.05, 0.1) is 24.3 Å². The second kappa shape index (κ2) is 17.0. The highest BCUT2D eigenvalue weighted by Gasteiger charge is 2.34. The van der Waals surface area contributed by atoms with Gasteiger partial charge in [-0.2, -0.15) is 10.2 Å². The molecule has 0 saturated carbocycles. The van der Waals surface area contributed by atoms with E-state index in [0.717, 1.165) is 10.9 Å². The summed E-state index contributed by atoms with van der Waals surface area (Å²) in [5, 5.41) is 13.4. The van der Waals surface area contributed by atoms with Gasteiger partial charge in [0.1, 0.15) is 35.1 Å². The van der Waals surface area contributed by atoms with Crippen LogP contribution in [0.5, 0.6) is 0 Å². The number of nitrogens with one attached hydrogen (secondary N) is 2. The lowest BCUT2D eigenvalue weighted by Gasteiger charge is -2.35. The fourth-order valence-corrected chi connectivity index (χ4v) is 5.30. The molecule has 1 aromatic heterocycles. The SMILES string of the molecule is CC(C)[C@H](CC(=O)OC(C)(C)C)C(=O)N[C@@H](C)C(=O)N1CCC[C@@H](C(=O)O[C@H](C)c2cc3cc(/C=C/CC(=O)OC(C)(C)C)ccc3nn2)N1. The smallest absolute Gasteiger partial charge is 0.325 e. The first-order valence-corrected chi connectivity index (χ1v) is 17.2. The lowest BCUT2D eigenvalue weighted by atomic mass is 9.91. The van der Waals surface area contributed by atoms with Gasteiger partial charge in [-0.15, -0.1) is 0 Å². The summed E-state index contributed by atoms with van der Waals surface area (Å²) in [5.74, 6) is -3.03. The van der Waals surface area contributed by atoms with E-state index in [4.69, 9.17) is 14.2 Å². The minimum absolute atomic E-state index is 0.106. The van der Waals surface area contributed by atoms with Crippen molar-refractivity contribution in [2.24, 2.45) is 11.8 Å². The molecule has 13 nitrogen and oxygen atoms in total. The monoisotopic (exact) mass is 695 g/mol. The second-order valence-electron chi connectivity index (χ2n) is 15.0. The van der Waals surface area contributed by atoms with Crippen molar-refractivity contribution in [3.63, 3.8) is 0 Å². The normalized spacial score (nSPS) is 17.3. The van der Waals surface area contributed by atoms with E-state index in [2.05, 4.69) is 20.9 Å². The number of benzene rings is 1. The summed E-state index contributed by atoms with van der Waals surface area (Å²) >= 11 is 0. The Bertz CT molecular complexity index is 1580. The van der Waals surface area contributed by atoms with Crippen LogP contribution in [0.3, 0.4) is 0 Å². The van der Waals surface area contributed by atoms with Crippen molar-refractivity contribution in [1.82, 2.24) is 25.9 Å². The zero-order valence-electron chi connectivity index (χ0n) is 31.0. The average molecular weight is 696 g/mol. The van der Waals surface area contributed by atoms with Gasteiger partial charge in [-0.25, -0.2) is 5.43 Å². The molecule has 2 aromatic rings. The molecule has 13 heteroatoms. The maximum absolute atomic E-state index is 13.3. The van der Waals surface area contributed by atoms with Gasteiger partial charge >= 0.3 is 17.9 Å². The van der Waals surface area contributed by atoms with E-state index < -0.39 is 59.1 Å². The Morgan fingerprint density at radius 2 is 1.62 bits per heavy atom. The Morgan fingerprint density at radius 1 is 0.960 bits per heavy atom. The van der Waals surface area contributed by atoms with Crippen molar-refractivity contribution in [3.8, 4) is 0 Å². The molecule has 1 saturated heterocycles. The highest BCUT2D eigenvalue weighted by molar-refractivity contribution is 5.90. The highest BCUT2D eigenvalue weighted by atomic mass is 16.6. The molecule has 0 unspecified atom stereocenters. The topological polar surface area (TPSA) is 166 Å². The molecule has 0 radical (unpaired) electrons.